The Morgan fingerprint density at radius 1 is 0.775 bits per heavy atom. The highest BCUT2D eigenvalue weighted by atomic mass is 16.6. The third-order valence-corrected chi connectivity index (χ3v) is 10.5. The van der Waals surface area contributed by atoms with Crippen LogP contribution in [0.2, 0.25) is 0 Å². The normalized spacial score (nSPS) is 39.4. The first-order valence-electron chi connectivity index (χ1n) is 16.6. The van der Waals surface area contributed by atoms with E-state index in [1.807, 2.05) is 6.08 Å². The number of hydrogen-bond donors (Lipinski definition) is 2. The zero-order valence-corrected chi connectivity index (χ0v) is 24.8. The number of epoxide rings is 2. The van der Waals surface area contributed by atoms with Crippen molar-refractivity contribution in [3.05, 3.63) is 23.8 Å². The van der Waals surface area contributed by atoms with E-state index in [0.717, 1.165) is 32.1 Å². The minimum Gasteiger partial charge on any atom is -0.390 e. The van der Waals surface area contributed by atoms with Gasteiger partial charge in [-0.15, -0.1) is 0 Å². The molecule has 0 aromatic rings. The molecule has 3 aliphatic carbocycles. The first-order valence-corrected chi connectivity index (χ1v) is 16.6. The van der Waals surface area contributed by atoms with Gasteiger partial charge in [-0.25, -0.2) is 0 Å². The van der Waals surface area contributed by atoms with Gasteiger partial charge in [-0.05, 0) is 25.2 Å². The van der Waals surface area contributed by atoms with Crippen molar-refractivity contribution >= 4 is 11.6 Å². The number of Topliss-reactive ketones (excluding diaryl/α,β-unsaturated/α-hetero) is 2. The largest absolute Gasteiger partial charge is 0.390 e. The Hall–Kier alpha value is -1.34. The van der Waals surface area contributed by atoms with Crippen molar-refractivity contribution in [3.63, 3.8) is 0 Å². The molecule has 0 aromatic heterocycles. The number of unbranched alkanes of at least 4 members (excludes halogenated alkanes) is 13. The molecule has 5 aliphatic rings. The quantitative estimate of drug-likeness (QED) is 0.129. The molecule has 2 saturated heterocycles. The molecule has 0 aromatic carbocycles. The van der Waals surface area contributed by atoms with Gasteiger partial charge in [0.15, 0.2) is 11.6 Å². The number of carbonyl (C=O) groups is 2. The molecule has 224 valence electrons. The maximum absolute atomic E-state index is 14.2. The molecule has 0 unspecified atom stereocenters. The van der Waals surface area contributed by atoms with Crippen LogP contribution in [0, 0.1) is 23.2 Å². The lowest BCUT2D eigenvalue weighted by Crippen LogP contribution is -2.63. The molecular weight excluding hydrogens is 504 g/mol. The van der Waals surface area contributed by atoms with E-state index < -0.39 is 53.9 Å². The van der Waals surface area contributed by atoms with Crippen LogP contribution in [0.15, 0.2) is 23.8 Å². The predicted molar refractivity (Wildman–Crippen MR) is 155 cm³/mol. The van der Waals surface area contributed by atoms with Crippen LogP contribution in [0.3, 0.4) is 0 Å². The molecule has 5 rings (SSSR count). The van der Waals surface area contributed by atoms with E-state index >= 15 is 0 Å². The second kappa shape index (κ2) is 13.3. The Morgan fingerprint density at radius 3 is 2.02 bits per heavy atom. The van der Waals surface area contributed by atoms with Crippen LogP contribution in [-0.4, -0.2) is 58.4 Å². The van der Waals surface area contributed by atoms with Gasteiger partial charge >= 0.3 is 0 Å². The second-order valence-electron chi connectivity index (χ2n) is 13.2. The van der Waals surface area contributed by atoms with Crippen LogP contribution in [0.25, 0.3) is 0 Å². The molecule has 2 heterocycles. The maximum atomic E-state index is 14.2. The molecule has 4 fully saturated rings. The lowest BCUT2D eigenvalue weighted by atomic mass is 9.48. The van der Waals surface area contributed by atoms with Gasteiger partial charge in [0.25, 0.3) is 0 Å². The van der Waals surface area contributed by atoms with Crippen LogP contribution in [0.5, 0.6) is 0 Å². The van der Waals surface area contributed by atoms with Crippen molar-refractivity contribution in [2.45, 2.75) is 153 Å². The summed E-state index contributed by atoms with van der Waals surface area (Å²) in [6.07, 6.45) is 20.8. The van der Waals surface area contributed by atoms with Gasteiger partial charge in [0, 0.05) is 17.4 Å². The molecule has 2 N–H and O–H groups in total. The molecule has 0 bridgehead atoms. The number of carbonyl (C=O) groups excluding carboxylic acids is 2. The maximum Gasteiger partial charge on any atom is 0.190 e. The highest BCUT2D eigenvalue weighted by molar-refractivity contribution is 6.04. The zero-order valence-electron chi connectivity index (χ0n) is 24.8. The first-order chi connectivity index (χ1) is 19.5. The average Bonchev–Trinajstić information content (AvgIpc) is 3.87. The number of fused-ring (bicyclic) bond motifs is 5. The number of ketones is 2. The van der Waals surface area contributed by atoms with E-state index in [1.54, 1.807) is 0 Å². The summed E-state index contributed by atoms with van der Waals surface area (Å²) >= 11 is 0. The van der Waals surface area contributed by atoms with Gasteiger partial charge in [-0.2, -0.15) is 0 Å². The lowest BCUT2D eigenvalue weighted by molar-refractivity contribution is -0.147. The predicted octanol–water partition coefficient (Wildman–Crippen LogP) is 6.02. The molecule has 6 heteroatoms. The molecule has 10 atom stereocenters. The van der Waals surface area contributed by atoms with Crippen molar-refractivity contribution in [3.8, 4) is 0 Å². The molecule has 6 nitrogen and oxygen atoms in total. The van der Waals surface area contributed by atoms with E-state index in [2.05, 4.69) is 26.0 Å². The summed E-state index contributed by atoms with van der Waals surface area (Å²) in [5.74, 6) is -1.40. The molecule has 40 heavy (non-hydrogen) atoms. The van der Waals surface area contributed by atoms with E-state index in [1.165, 1.54) is 70.6 Å². The fourth-order valence-electron chi connectivity index (χ4n) is 8.15. The fourth-order valence-corrected chi connectivity index (χ4v) is 8.15. The minimum atomic E-state index is -0.961. The summed E-state index contributed by atoms with van der Waals surface area (Å²) in [7, 11) is 0. The van der Waals surface area contributed by atoms with Crippen molar-refractivity contribution in [1.82, 2.24) is 0 Å². The minimum absolute atomic E-state index is 0.0327. The average molecular weight is 557 g/mol. The number of ether oxygens (including phenoxy) is 2. The Kier molecular flexibility index (Phi) is 10.0. The first kappa shape index (κ1) is 30.1. The van der Waals surface area contributed by atoms with Gasteiger partial charge in [0.2, 0.25) is 0 Å². The van der Waals surface area contributed by atoms with Crippen molar-refractivity contribution in [2.75, 3.05) is 0 Å². The molecular formula is C34H52O6. The van der Waals surface area contributed by atoms with Crippen LogP contribution < -0.4 is 0 Å². The van der Waals surface area contributed by atoms with Crippen molar-refractivity contribution in [2.24, 2.45) is 23.2 Å². The van der Waals surface area contributed by atoms with Crippen LogP contribution >= 0.6 is 0 Å². The van der Waals surface area contributed by atoms with Crippen LogP contribution in [0.1, 0.15) is 117 Å². The van der Waals surface area contributed by atoms with E-state index in [9.17, 15) is 19.8 Å². The molecule has 2 saturated carbocycles. The summed E-state index contributed by atoms with van der Waals surface area (Å²) in [5.41, 5.74) is -0.386. The lowest BCUT2D eigenvalue weighted by Gasteiger charge is -2.54. The zero-order chi connectivity index (χ0) is 28.3. The fraction of sp³-hybridized carbons (Fsp3) is 0.824. The number of aliphatic hydroxyl groups excluding tert-OH is 2. The van der Waals surface area contributed by atoms with Gasteiger partial charge in [0.1, 0.15) is 24.4 Å². The number of hydrogen-bond acceptors (Lipinski definition) is 6. The smallest absolute Gasteiger partial charge is 0.190 e. The Morgan fingerprint density at radius 2 is 1.35 bits per heavy atom. The summed E-state index contributed by atoms with van der Waals surface area (Å²) < 4.78 is 11.4. The monoisotopic (exact) mass is 556 g/mol. The van der Waals surface area contributed by atoms with Crippen LogP contribution in [-0.2, 0) is 19.1 Å². The Balaban J connectivity index is 1.36. The molecule has 0 radical (unpaired) electrons. The van der Waals surface area contributed by atoms with E-state index in [-0.39, 0.29) is 17.5 Å². The van der Waals surface area contributed by atoms with Crippen LogP contribution in [0.4, 0.5) is 0 Å². The Labute approximate surface area is 241 Å². The Bertz CT molecular complexity index is 956. The SMILES string of the molecule is CCCCCCCCC/C=C/[C@]12C(=O)[C@H]3O[C@H]3[C@H](O)[C@H]1[C@H]1C(=C[C@@H]2CCCCCCCCC)C(=O)[C@H]2O[C@H]2[C@@H]1O. The van der Waals surface area contributed by atoms with Gasteiger partial charge in [0.05, 0.1) is 17.6 Å². The number of allylic oxidation sites excluding steroid dienone is 3. The molecule has 0 spiro atoms. The van der Waals surface area contributed by atoms with Crippen molar-refractivity contribution in [1.29, 1.82) is 0 Å². The summed E-state index contributed by atoms with van der Waals surface area (Å²) in [6.45, 7) is 4.46. The van der Waals surface area contributed by atoms with Crippen molar-refractivity contribution < 1.29 is 29.3 Å². The third kappa shape index (κ3) is 5.80. The third-order valence-electron chi connectivity index (χ3n) is 10.5. The highest BCUT2D eigenvalue weighted by Crippen LogP contribution is 2.62. The topological polar surface area (TPSA) is 99.7 Å². The second-order valence-corrected chi connectivity index (χ2v) is 13.2. The molecule has 2 aliphatic heterocycles. The van der Waals surface area contributed by atoms with E-state index in [0.29, 0.717) is 5.57 Å². The number of rotatable bonds is 17. The van der Waals surface area contributed by atoms with Gasteiger partial charge < -0.3 is 19.7 Å². The summed E-state index contributed by atoms with van der Waals surface area (Å²) in [5, 5.41) is 22.9. The standard InChI is InChI=1S/C34H52O6/c1-3-5-7-9-11-12-14-16-18-20-34-22(19-17-15-13-10-8-6-4-2)21-23-24(27(36)30-29(39-30)26(23)35)25(34)28(37)31-32(40-31)33(34)38/h18,20-22,24-25,27-32,36-37H,3-17,19H2,1-2H3/b20-18+/t22-,24+,25+,27+,28+,29+,30-,31-,32-,34+/m0/s1. The summed E-state index contributed by atoms with van der Waals surface area (Å²) in [4.78, 5) is 27.5. The van der Waals surface area contributed by atoms with Gasteiger partial charge in [-0.3, -0.25) is 9.59 Å². The summed E-state index contributed by atoms with van der Waals surface area (Å²) in [6, 6.07) is 0. The molecule has 0 amide bonds. The number of aliphatic hydroxyl groups is 2. The van der Waals surface area contributed by atoms with Gasteiger partial charge in [-0.1, -0.05) is 116 Å². The highest BCUT2D eigenvalue weighted by Gasteiger charge is 2.73. The van der Waals surface area contributed by atoms with E-state index in [4.69, 9.17) is 9.47 Å².